The zero-order chi connectivity index (χ0) is 11.8. The molecule has 0 bridgehead atoms. The number of benzene rings is 1. The summed E-state index contributed by atoms with van der Waals surface area (Å²) in [5.74, 6) is 1.13. The summed E-state index contributed by atoms with van der Waals surface area (Å²) < 4.78 is 0. The largest absolute Gasteiger partial charge is 0.297 e. The van der Waals surface area contributed by atoms with Gasteiger partial charge >= 0.3 is 0 Å². The summed E-state index contributed by atoms with van der Waals surface area (Å²) in [6, 6.07) is 7.02. The van der Waals surface area contributed by atoms with Gasteiger partial charge in [0, 0.05) is 17.8 Å². The van der Waals surface area contributed by atoms with Gasteiger partial charge < -0.3 is 0 Å². The van der Waals surface area contributed by atoms with E-state index < -0.39 is 0 Å². The minimum atomic E-state index is 0.186. The second-order valence-corrected chi connectivity index (χ2v) is 6.02. The molecule has 2 heteroatoms. The van der Waals surface area contributed by atoms with E-state index in [1.165, 1.54) is 24.1 Å². The van der Waals surface area contributed by atoms with Crippen LogP contribution in [0.2, 0.25) is 0 Å². The third-order valence-corrected chi connectivity index (χ3v) is 4.43. The van der Waals surface area contributed by atoms with Gasteiger partial charge in [-0.2, -0.15) is 11.8 Å². The van der Waals surface area contributed by atoms with Gasteiger partial charge in [-0.25, -0.2) is 0 Å². The molecule has 0 atom stereocenters. The lowest BCUT2D eigenvalue weighted by molar-refractivity contribution is 0.143. The molecular formula is C14H21NS. The van der Waals surface area contributed by atoms with Gasteiger partial charge in [0.05, 0.1) is 0 Å². The minimum Gasteiger partial charge on any atom is -0.297 e. The Kier molecular flexibility index (Phi) is 3.32. The molecule has 0 saturated heterocycles. The van der Waals surface area contributed by atoms with Crippen molar-refractivity contribution in [1.29, 1.82) is 0 Å². The molecule has 1 aliphatic heterocycles. The van der Waals surface area contributed by atoms with Crippen molar-refractivity contribution < 1.29 is 0 Å². The highest BCUT2D eigenvalue weighted by atomic mass is 32.2. The molecule has 0 fully saturated rings. The minimum absolute atomic E-state index is 0.186. The zero-order valence-corrected chi connectivity index (χ0v) is 11.5. The molecule has 0 spiro atoms. The molecule has 0 N–H and O–H groups in total. The fourth-order valence-electron chi connectivity index (χ4n) is 2.48. The molecule has 0 unspecified atom stereocenters. The Balaban J connectivity index is 2.39. The van der Waals surface area contributed by atoms with Crippen molar-refractivity contribution in [3.8, 4) is 0 Å². The van der Waals surface area contributed by atoms with Crippen LogP contribution in [-0.4, -0.2) is 24.7 Å². The molecule has 1 nitrogen and oxygen atoms in total. The van der Waals surface area contributed by atoms with E-state index in [4.69, 9.17) is 0 Å². The van der Waals surface area contributed by atoms with Crippen molar-refractivity contribution >= 4 is 11.8 Å². The molecule has 1 aromatic rings. The Morgan fingerprint density at radius 2 is 2.12 bits per heavy atom. The number of thioether (sulfide) groups is 1. The first-order chi connectivity index (χ1) is 7.55. The number of hydrogen-bond acceptors (Lipinski definition) is 2. The average Bonchev–Trinajstić information content (AvgIpc) is 2.24. The van der Waals surface area contributed by atoms with Crippen LogP contribution in [0.3, 0.4) is 0 Å². The van der Waals surface area contributed by atoms with Crippen molar-refractivity contribution in [1.82, 2.24) is 4.90 Å². The van der Waals surface area contributed by atoms with Gasteiger partial charge in [-0.3, -0.25) is 4.90 Å². The van der Waals surface area contributed by atoms with Crippen molar-refractivity contribution in [2.75, 3.05) is 19.8 Å². The van der Waals surface area contributed by atoms with Gasteiger partial charge in [0.25, 0.3) is 0 Å². The van der Waals surface area contributed by atoms with E-state index in [2.05, 4.69) is 50.2 Å². The van der Waals surface area contributed by atoms with Crippen LogP contribution in [0.1, 0.15) is 30.5 Å². The summed E-state index contributed by atoms with van der Waals surface area (Å²) in [4.78, 5) is 2.45. The van der Waals surface area contributed by atoms with E-state index in [9.17, 15) is 0 Å². The van der Waals surface area contributed by atoms with Crippen LogP contribution in [0.15, 0.2) is 18.2 Å². The molecule has 0 aromatic heterocycles. The van der Waals surface area contributed by atoms with E-state index in [1.807, 2.05) is 11.8 Å². The lowest BCUT2D eigenvalue weighted by atomic mass is 9.83. The van der Waals surface area contributed by atoms with Crippen molar-refractivity contribution in [3.63, 3.8) is 0 Å². The summed E-state index contributed by atoms with van der Waals surface area (Å²) in [7, 11) is 2.22. The highest BCUT2D eigenvalue weighted by Crippen LogP contribution is 2.34. The summed E-state index contributed by atoms with van der Waals surface area (Å²) in [6.45, 7) is 5.81. The molecule has 1 aliphatic rings. The topological polar surface area (TPSA) is 3.24 Å². The Bertz CT molecular complexity index is 384. The van der Waals surface area contributed by atoms with Gasteiger partial charge in [-0.1, -0.05) is 18.2 Å². The fourth-order valence-corrected chi connectivity index (χ4v) is 2.99. The number of rotatable bonds is 2. The standard InChI is InChI=1S/C14H21NS/c1-14(2)13-6-5-11(10-16-4)9-12(13)7-8-15(14)3/h5-6,9H,7-8,10H2,1-4H3. The molecule has 1 aromatic carbocycles. The third kappa shape index (κ3) is 2.01. The predicted octanol–water partition coefficient (Wildman–Crippen LogP) is 3.27. The molecule has 88 valence electrons. The lowest BCUT2D eigenvalue weighted by Gasteiger charge is -2.41. The van der Waals surface area contributed by atoms with Crippen LogP contribution in [0, 0.1) is 0 Å². The summed E-state index contributed by atoms with van der Waals surface area (Å²) in [5.41, 5.74) is 4.71. The van der Waals surface area contributed by atoms with Crippen LogP contribution < -0.4 is 0 Å². The smallest absolute Gasteiger partial charge is 0.0404 e. The molecule has 0 amide bonds. The first-order valence-corrected chi connectivity index (χ1v) is 7.27. The second-order valence-electron chi connectivity index (χ2n) is 5.16. The van der Waals surface area contributed by atoms with Crippen molar-refractivity contribution in [3.05, 3.63) is 34.9 Å². The average molecular weight is 235 g/mol. The number of nitrogens with zero attached hydrogens (tertiary/aromatic N) is 1. The Morgan fingerprint density at radius 3 is 2.81 bits per heavy atom. The van der Waals surface area contributed by atoms with Gasteiger partial charge in [0.1, 0.15) is 0 Å². The van der Waals surface area contributed by atoms with E-state index in [1.54, 1.807) is 5.56 Å². The van der Waals surface area contributed by atoms with Crippen LogP contribution in [0.5, 0.6) is 0 Å². The zero-order valence-electron chi connectivity index (χ0n) is 10.7. The highest BCUT2D eigenvalue weighted by Gasteiger charge is 2.31. The monoisotopic (exact) mass is 235 g/mol. The van der Waals surface area contributed by atoms with Crippen molar-refractivity contribution in [2.45, 2.75) is 31.6 Å². The van der Waals surface area contributed by atoms with Gasteiger partial charge in [0.15, 0.2) is 0 Å². The number of hydrogen-bond donors (Lipinski definition) is 0. The lowest BCUT2D eigenvalue weighted by Crippen LogP contribution is -2.43. The number of likely N-dealkylation sites (N-methyl/N-ethyl adjacent to an activating group) is 1. The fraction of sp³-hybridized carbons (Fsp3) is 0.571. The molecule has 0 radical (unpaired) electrons. The Morgan fingerprint density at radius 1 is 1.38 bits per heavy atom. The van der Waals surface area contributed by atoms with Crippen LogP contribution in [0.4, 0.5) is 0 Å². The van der Waals surface area contributed by atoms with Crippen LogP contribution >= 0.6 is 11.8 Å². The number of fused-ring (bicyclic) bond motifs is 1. The van der Waals surface area contributed by atoms with E-state index in [0.717, 1.165) is 5.75 Å². The third-order valence-electron chi connectivity index (χ3n) is 3.81. The molecule has 0 saturated carbocycles. The molecular weight excluding hydrogens is 214 g/mol. The maximum absolute atomic E-state index is 2.45. The molecule has 2 rings (SSSR count). The Hall–Kier alpha value is -0.470. The van der Waals surface area contributed by atoms with Gasteiger partial charge in [-0.15, -0.1) is 0 Å². The van der Waals surface area contributed by atoms with E-state index in [-0.39, 0.29) is 5.54 Å². The first kappa shape index (κ1) is 12.0. The normalized spacial score (nSPS) is 19.5. The summed E-state index contributed by atoms with van der Waals surface area (Å²) in [6.07, 6.45) is 3.36. The SMILES string of the molecule is CSCc1ccc2c(c1)CCN(C)C2(C)C. The summed E-state index contributed by atoms with van der Waals surface area (Å²) in [5, 5.41) is 0. The van der Waals surface area contributed by atoms with Gasteiger partial charge in [-0.05, 0) is 50.3 Å². The second kappa shape index (κ2) is 4.42. The maximum atomic E-state index is 2.45. The first-order valence-electron chi connectivity index (χ1n) is 5.88. The summed E-state index contributed by atoms with van der Waals surface area (Å²) >= 11 is 1.90. The maximum Gasteiger partial charge on any atom is 0.0404 e. The molecule has 16 heavy (non-hydrogen) atoms. The molecule has 1 heterocycles. The van der Waals surface area contributed by atoms with Crippen molar-refractivity contribution in [2.24, 2.45) is 0 Å². The van der Waals surface area contributed by atoms with E-state index >= 15 is 0 Å². The Labute approximate surface area is 103 Å². The van der Waals surface area contributed by atoms with E-state index in [0.29, 0.717) is 0 Å². The van der Waals surface area contributed by atoms with Crippen LogP contribution in [-0.2, 0) is 17.7 Å². The highest BCUT2D eigenvalue weighted by molar-refractivity contribution is 7.97. The van der Waals surface area contributed by atoms with Gasteiger partial charge in [0.2, 0.25) is 0 Å². The quantitative estimate of drug-likeness (QED) is 0.774. The predicted molar refractivity (Wildman–Crippen MR) is 73.0 cm³/mol. The van der Waals surface area contributed by atoms with Crippen LogP contribution in [0.25, 0.3) is 0 Å². The molecule has 0 aliphatic carbocycles.